The van der Waals surface area contributed by atoms with Crippen LogP contribution in [0.5, 0.6) is 0 Å². The molecule has 0 aromatic carbocycles. The topological polar surface area (TPSA) is 161 Å². The third-order valence-corrected chi connectivity index (χ3v) is 0. The molecule has 0 bridgehead atoms. The van der Waals surface area contributed by atoms with Crippen LogP contribution in [0.15, 0.2) is 0 Å². The van der Waals surface area contributed by atoms with Gasteiger partial charge in [0.1, 0.15) is 0 Å². The maximum Gasteiger partial charge on any atom is 3.00 e. The molecule has 0 aromatic rings. The Kier molecular flexibility index (Phi) is 373. The van der Waals surface area contributed by atoms with Gasteiger partial charge in [-0.2, -0.15) is 0 Å². The van der Waals surface area contributed by atoms with Crippen molar-refractivity contribution in [3.8, 4) is 0 Å². The van der Waals surface area contributed by atoms with Crippen LogP contribution in [0.2, 0.25) is 0 Å². The fraction of sp³-hybridized carbons (Fsp3) is 0. The second kappa shape index (κ2) is 139. The van der Waals surface area contributed by atoms with Gasteiger partial charge in [0.05, 0.1) is 0 Å². The molecule has 10 heteroatoms. The predicted octanol–water partition coefficient (Wildman–Crippen LogP) is -9.53. The summed E-state index contributed by atoms with van der Waals surface area (Å²) in [7, 11) is 0. The van der Waals surface area contributed by atoms with E-state index in [2.05, 4.69) is 0 Å². The molecule has 0 saturated carbocycles. The Morgan fingerprint density at radius 1 is 0.571 bits per heavy atom. The molecule has 0 amide bonds. The van der Waals surface area contributed by atoms with Crippen LogP contribution < -0.4 is 50.0 Å². The quantitative estimate of drug-likeness (QED) is 0.304. The first-order chi connectivity index (χ1) is 5.66. The summed E-state index contributed by atoms with van der Waals surface area (Å²) in [5.74, 6) is 0. The Morgan fingerprint density at radius 3 is 0.571 bits per heavy atom. The van der Waals surface area contributed by atoms with E-state index in [9.17, 15) is 0 Å². The summed E-state index contributed by atoms with van der Waals surface area (Å²) >= 11 is 0. The van der Waals surface area contributed by atoms with Gasteiger partial charge in [0, 0.05) is 25.9 Å². The van der Waals surface area contributed by atoms with E-state index in [0.29, 0.717) is 0 Å². The van der Waals surface area contributed by atoms with Crippen molar-refractivity contribution in [3.05, 3.63) is 0 Å². The summed E-state index contributed by atoms with van der Waals surface area (Å²) in [6.45, 7) is -2.00. The van der Waals surface area contributed by atoms with E-state index in [4.69, 9.17) is 39.6 Å². The molecule has 0 aliphatic rings. The third kappa shape index (κ3) is 3580. The Hall–Kier alpha value is -0.588. The number of rotatable bonds is 0. The molecule has 1 radical (unpaired) electrons. The average molecular weight is 255 g/mol. The molecule has 0 rings (SSSR count). The van der Waals surface area contributed by atoms with Crippen molar-refractivity contribution in [2.45, 2.75) is 0 Å². The van der Waals surface area contributed by atoms with Crippen molar-refractivity contribution in [2.24, 2.45) is 0 Å². The number of hydrogen-bond acceptors (Lipinski definition) is 8. The zero-order valence-corrected chi connectivity index (χ0v) is 10.3. The molecule has 0 aromatic heterocycles. The fourth-order valence-electron chi connectivity index (χ4n) is 0. The molecule has 0 spiro atoms. The van der Waals surface area contributed by atoms with Crippen molar-refractivity contribution >= 4 is 25.9 Å². The summed E-state index contributed by atoms with van der Waals surface area (Å²) in [6.07, 6.45) is 0. The number of carbonyl (C=O) groups is 4. The molecule has 0 unspecified atom stereocenters. The van der Waals surface area contributed by atoms with Gasteiger partial charge in [-0.1, -0.05) is 0 Å². The van der Waals surface area contributed by atoms with Gasteiger partial charge >= 0.3 is 46.9 Å². The summed E-state index contributed by atoms with van der Waals surface area (Å²) in [4.78, 5) is 33.0. The van der Waals surface area contributed by atoms with Crippen LogP contribution in [-0.2, 0) is 36.5 Å². The SMILES string of the molecule is O=C[O-].O=C[O-].O=C[O-].O=C[O-].[Cr+3].[Na+]. The zero-order chi connectivity index (χ0) is 10.8. The molecule has 0 saturated heterocycles. The Bertz CT molecular complexity index is 75.3. The molecule has 14 heavy (non-hydrogen) atoms. The summed E-state index contributed by atoms with van der Waals surface area (Å²) in [5, 5.41) is 33.0. The van der Waals surface area contributed by atoms with Gasteiger partial charge in [-0.05, 0) is 0 Å². The predicted molar refractivity (Wildman–Crippen MR) is 24.3 cm³/mol. The molecule has 0 aliphatic heterocycles. The van der Waals surface area contributed by atoms with Gasteiger partial charge in [-0.3, -0.25) is 0 Å². The Balaban J connectivity index is -0.0000000145. The van der Waals surface area contributed by atoms with E-state index in [1.165, 1.54) is 0 Å². The van der Waals surface area contributed by atoms with Gasteiger partial charge in [-0.25, -0.2) is 0 Å². The fourth-order valence-corrected chi connectivity index (χ4v) is 0. The molecule has 0 fully saturated rings. The average Bonchev–Trinajstić information content (AvgIpc) is 1.92. The van der Waals surface area contributed by atoms with Crippen LogP contribution in [-0.4, -0.2) is 25.9 Å². The minimum atomic E-state index is -0.500. The largest absolute Gasteiger partial charge is 3.00 e. The number of carboxylic acid groups (broad SMARTS) is 4. The second-order valence-electron chi connectivity index (χ2n) is 0.385. The smallest absolute Gasteiger partial charge is 0.554 e. The minimum Gasteiger partial charge on any atom is -0.554 e. The van der Waals surface area contributed by atoms with Gasteiger partial charge in [-0.15, -0.1) is 0 Å². The first kappa shape index (κ1) is 37.6. The number of carbonyl (C=O) groups excluding carboxylic acids is 4. The van der Waals surface area contributed by atoms with E-state index in [1.54, 1.807) is 0 Å². The van der Waals surface area contributed by atoms with Crippen molar-refractivity contribution in [1.82, 2.24) is 0 Å². The van der Waals surface area contributed by atoms with Gasteiger partial charge in [0.2, 0.25) is 0 Å². The van der Waals surface area contributed by atoms with Crippen LogP contribution in [0.4, 0.5) is 0 Å². The van der Waals surface area contributed by atoms with Crippen molar-refractivity contribution in [1.29, 1.82) is 0 Å². The molecular formula is C4H4CrNaO8. The van der Waals surface area contributed by atoms with Crippen LogP contribution >= 0.6 is 0 Å². The monoisotopic (exact) mass is 255 g/mol. The molecular weight excluding hydrogens is 251 g/mol. The first-order valence-electron chi connectivity index (χ1n) is 1.89. The van der Waals surface area contributed by atoms with Crippen LogP contribution in [0, 0.1) is 0 Å². The Labute approximate surface area is 112 Å². The van der Waals surface area contributed by atoms with E-state index >= 15 is 0 Å². The standard InChI is InChI=1S/4CH2O2.Cr.Na/c4*2-1-3;;/h4*1H,(H,2,3);;/q;;;;+3;+1/p-4. The van der Waals surface area contributed by atoms with Crippen LogP contribution in [0.1, 0.15) is 0 Å². The van der Waals surface area contributed by atoms with Gasteiger partial charge in [0.25, 0.3) is 0 Å². The van der Waals surface area contributed by atoms with Crippen molar-refractivity contribution in [2.75, 3.05) is 0 Å². The van der Waals surface area contributed by atoms with Crippen LogP contribution in [0.25, 0.3) is 0 Å². The molecule has 0 aliphatic carbocycles. The van der Waals surface area contributed by atoms with Crippen LogP contribution in [0.3, 0.4) is 0 Å². The van der Waals surface area contributed by atoms with Gasteiger partial charge in [0.15, 0.2) is 0 Å². The number of hydrogen-bond donors (Lipinski definition) is 0. The third-order valence-electron chi connectivity index (χ3n) is 0. The normalized spacial score (nSPS) is 3.43. The molecule has 0 heterocycles. The maximum atomic E-state index is 8.25. The van der Waals surface area contributed by atoms with Crippen molar-refractivity contribution in [3.63, 3.8) is 0 Å². The molecule has 75 valence electrons. The minimum absolute atomic E-state index is 0. The Morgan fingerprint density at radius 2 is 0.571 bits per heavy atom. The molecule has 8 nitrogen and oxygen atoms in total. The maximum absolute atomic E-state index is 8.25. The first-order valence-corrected chi connectivity index (χ1v) is 1.89. The van der Waals surface area contributed by atoms with E-state index < -0.39 is 25.9 Å². The molecule has 0 atom stereocenters. The summed E-state index contributed by atoms with van der Waals surface area (Å²) in [6, 6.07) is 0. The summed E-state index contributed by atoms with van der Waals surface area (Å²) < 4.78 is 0. The zero-order valence-electron chi connectivity index (χ0n) is 6.98. The summed E-state index contributed by atoms with van der Waals surface area (Å²) in [5.41, 5.74) is 0. The van der Waals surface area contributed by atoms with E-state index in [1.807, 2.05) is 0 Å². The molecule has 0 N–H and O–H groups in total. The second-order valence-corrected chi connectivity index (χ2v) is 0.385. The van der Waals surface area contributed by atoms with Crippen molar-refractivity contribution < 1.29 is 86.5 Å². The van der Waals surface area contributed by atoms with Gasteiger partial charge < -0.3 is 39.6 Å². The van der Waals surface area contributed by atoms with E-state index in [-0.39, 0.29) is 46.9 Å². The van der Waals surface area contributed by atoms with E-state index in [0.717, 1.165) is 0 Å².